The van der Waals surface area contributed by atoms with Gasteiger partial charge >= 0.3 is 0 Å². The van der Waals surface area contributed by atoms with Gasteiger partial charge in [-0.2, -0.15) is 0 Å². The second-order valence-electron chi connectivity index (χ2n) is 11.9. The predicted molar refractivity (Wildman–Crippen MR) is 194 cm³/mol. The standard InChI is InChI=1S/C37H37Cl2N7O4/c1-49-36-28(13-5-8-23-15-16-32(47)43-23)41-21-29(44-36)26-11-6-9-24(34(26)38)25-10-7-12-27(35(25)39)30-22-42-31(37(45-30)50-2)20-40-17-19-46-18-4-3-14-33(46)48/h3-4,6-7,9-12,14,18,21-23,40H,5,8,13,15-17,19-20H2,1-2H3,(H,43,47)/t23-/m1/s1. The highest BCUT2D eigenvalue weighted by Gasteiger charge is 2.22. The molecule has 0 bridgehead atoms. The number of halogens is 2. The van der Waals surface area contributed by atoms with Gasteiger partial charge in [0.2, 0.25) is 17.7 Å². The molecular formula is C37H37Cl2N7O4. The molecular weight excluding hydrogens is 677 g/mol. The van der Waals surface area contributed by atoms with E-state index in [1.165, 1.54) is 6.07 Å². The molecule has 0 spiro atoms. The van der Waals surface area contributed by atoms with E-state index in [1.807, 2.05) is 42.5 Å². The molecule has 1 aliphatic heterocycles. The Morgan fingerprint density at radius 1 is 0.840 bits per heavy atom. The minimum Gasteiger partial charge on any atom is -0.480 e. The quantitative estimate of drug-likeness (QED) is 0.130. The largest absolute Gasteiger partial charge is 0.480 e. The van der Waals surface area contributed by atoms with Crippen LogP contribution >= 0.6 is 23.2 Å². The van der Waals surface area contributed by atoms with Gasteiger partial charge in [0.05, 0.1) is 48.0 Å². The summed E-state index contributed by atoms with van der Waals surface area (Å²) in [5, 5.41) is 7.23. The van der Waals surface area contributed by atoms with E-state index in [2.05, 4.69) is 20.6 Å². The second-order valence-corrected chi connectivity index (χ2v) is 12.6. The van der Waals surface area contributed by atoms with Crippen molar-refractivity contribution in [1.29, 1.82) is 0 Å². The van der Waals surface area contributed by atoms with Crippen molar-refractivity contribution in [2.75, 3.05) is 20.8 Å². The maximum absolute atomic E-state index is 12.0. The fourth-order valence-electron chi connectivity index (χ4n) is 6.01. The molecule has 0 saturated carbocycles. The summed E-state index contributed by atoms with van der Waals surface area (Å²) in [7, 11) is 3.12. The van der Waals surface area contributed by atoms with E-state index in [0.717, 1.165) is 30.5 Å². The number of carbonyl (C=O) groups excluding carboxylic acids is 1. The average Bonchev–Trinajstić information content (AvgIpc) is 3.55. The molecule has 11 nitrogen and oxygen atoms in total. The van der Waals surface area contributed by atoms with E-state index >= 15 is 0 Å². The van der Waals surface area contributed by atoms with Crippen LogP contribution in [0.4, 0.5) is 0 Å². The molecule has 1 amide bonds. The van der Waals surface area contributed by atoms with Crippen molar-refractivity contribution in [3.05, 3.63) is 105 Å². The number of rotatable bonds is 14. The molecule has 1 fully saturated rings. The number of benzene rings is 2. The highest BCUT2D eigenvalue weighted by molar-refractivity contribution is 6.39. The minimum atomic E-state index is -0.0500. The van der Waals surface area contributed by atoms with E-state index in [9.17, 15) is 9.59 Å². The van der Waals surface area contributed by atoms with Crippen LogP contribution in [0.1, 0.15) is 37.1 Å². The van der Waals surface area contributed by atoms with Crippen LogP contribution in [0, 0.1) is 0 Å². The molecule has 6 rings (SSSR count). The highest BCUT2D eigenvalue weighted by atomic mass is 35.5. The number of ether oxygens (including phenoxy) is 2. The van der Waals surface area contributed by atoms with E-state index < -0.39 is 0 Å². The van der Waals surface area contributed by atoms with Gasteiger partial charge in [0, 0.05) is 66.6 Å². The van der Waals surface area contributed by atoms with Gasteiger partial charge in [-0.25, -0.2) is 9.97 Å². The van der Waals surface area contributed by atoms with Crippen LogP contribution in [0.15, 0.2) is 78.0 Å². The van der Waals surface area contributed by atoms with Crippen molar-refractivity contribution in [3.8, 4) is 45.4 Å². The number of nitrogens with zero attached hydrogens (tertiary/aromatic N) is 5. The summed E-state index contributed by atoms with van der Waals surface area (Å²) < 4.78 is 12.8. The van der Waals surface area contributed by atoms with Crippen molar-refractivity contribution < 1.29 is 14.3 Å². The fraction of sp³-hybridized carbons (Fsp3) is 0.297. The molecule has 0 aliphatic carbocycles. The van der Waals surface area contributed by atoms with Gasteiger partial charge in [0.25, 0.3) is 5.56 Å². The van der Waals surface area contributed by atoms with Crippen LogP contribution in [0.3, 0.4) is 0 Å². The van der Waals surface area contributed by atoms with Gasteiger partial charge in [-0.15, -0.1) is 0 Å². The van der Waals surface area contributed by atoms with Gasteiger partial charge in [0.15, 0.2) is 0 Å². The number of hydrogen-bond acceptors (Lipinski definition) is 9. The number of amides is 1. The Morgan fingerprint density at radius 2 is 1.46 bits per heavy atom. The van der Waals surface area contributed by atoms with E-state index in [1.54, 1.807) is 43.4 Å². The number of nitrogens with one attached hydrogen (secondary N) is 2. The first-order chi connectivity index (χ1) is 24.4. The summed E-state index contributed by atoms with van der Waals surface area (Å²) in [6, 6.07) is 16.7. The summed E-state index contributed by atoms with van der Waals surface area (Å²) in [4.78, 5) is 42.3. The first-order valence-electron chi connectivity index (χ1n) is 16.4. The number of methoxy groups -OCH3 is 2. The van der Waals surface area contributed by atoms with Gasteiger partial charge < -0.3 is 24.7 Å². The molecule has 2 aromatic carbocycles. The van der Waals surface area contributed by atoms with Crippen LogP contribution in [-0.2, 0) is 24.3 Å². The molecule has 13 heteroatoms. The zero-order valence-electron chi connectivity index (χ0n) is 27.8. The van der Waals surface area contributed by atoms with Crippen molar-refractivity contribution in [1.82, 2.24) is 35.1 Å². The number of aryl methyl sites for hydroxylation is 1. The van der Waals surface area contributed by atoms with Gasteiger partial charge in [0.1, 0.15) is 11.4 Å². The number of hydrogen-bond donors (Lipinski definition) is 2. The topological polar surface area (TPSA) is 133 Å². The maximum Gasteiger partial charge on any atom is 0.250 e. The predicted octanol–water partition coefficient (Wildman–Crippen LogP) is 6.14. The number of pyridine rings is 1. The Morgan fingerprint density at radius 3 is 2.06 bits per heavy atom. The lowest BCUT2D eigenvalue weighted by molar-refractivity contribution is -0.119. The third kappa shape index (κ3) is 7.96. The van der Waals surface area contributed by atoms with Crippen LogP contribution in [0.5, 0.6) is 11.8 Å². The Labute approximate surface area is 300 Å². The van der Waals surface area contributed by atoms with Gasteiger partial charge in [-0.1, -0.05) is 65.7 Å². The summed E-state index contributed by atoms with van der Waals surface area (Å²) in [5.41, 5.74) is 5.24. The maximum atomic E-state index is 12.0. The lowest BCUT2D eigenvalue weighted by Crippen LogP contribution is -2.26. The SMILES string of the molecule is COc1nc(-c2cccc(-c3cccc(-c4cnc(CNCCn5ccccc5=O)c(OC)n4)c3Cl)c2Cl)cnc1CCC[C@@H]1CCC(=O)N1. The van der Waals surface area contributed by atoms with Crippen molar-refractivity contribution >= 4 is 29.1 Å². The Kier molecular flexibility index (Phi) is 11.4. The van der Waals surface area contributed by atoms with Gasteiger partial charge in [-0.05, 0) is 31.7 Å². The van der Waals surface area contributed by atoms with E-state index in [4.69, 9.17) is 42.6 Å². The normalized spacial score (nSPS) is 14.1. The summed E-state index contributed by atoms with van der Waals surface area (Å²) >= 11 is 14.1. The molecule has 5 aromatic rings. The second kappa shape index (κ2) is 16.2. The zero-order valence-corrected chi connectivity index (χ0v) is 29.3. The highest BCUT2D eigenvalue weighted by Crippen LogP contribution is 2.42. The molecule has 0 radical (unpaired) electrons. The summed E-state index contributed by atoms with van der Waals surface area (Å²) in [5.74, 6) is 0.930. The molecule has 0 unspecified atom stereocenters. The summed E-state index contributed by atoms with van der Waals surface area (Å²) in [6.45, 7) is 1.49. The molecule has 258 valence electrons. The minimum absolute atomic E-state index is 0.0500. The van der Waals surface area contributed by atoms with Crippen LogP contribution < -0.4 is 25.7 Å². The Bertz CT molecular complexity index is 2060. The van der Waals surface area contributed by atoms with Crippen molar-refractivity contribution in [3.63, 3.8) is 0 Å². The Hall–Kier alpha value is -4.84. The number of carbonyl (C=O) groups is 1. The third-order valence-electron chi connectivity index (χ3n) is 8.62. The molecule has 2 N–H and O–H groups in total. The molecule has 3 aromatic heterocycles. The molecule has 50 heavy (non-hydrogen) atoms. The molecule has 1 aliphatic rings. The van der Waals surface area contributed by atoms with Crippen LogP contribution in [0.25, 0.3) is 33.6 Å². The number of aromatic nitrogens is 5. The Balaban J connectivity index is 1.19. The average molecular weight is 715 g/mol. The van der Waals surface area contributed by atoms with Crippen LogP contribution in [-0.4, -0.2) is 57.2 Å². The van der Waals surface area contributed by atoms with E-state index in [-0.39, 0.29) is 17.5 Å². The first kappa shape index (κ1) is 35.0. The first-order valence-corrected chi connectivity index (χ1v) is 17.1. The molecule has 1 atom stereocenters. The van der Waals surface area contributed by atoms with Crippen molar-refractivity contribution in [2.24, 2.45) is 0 Å². The van der Waals surface area contributed by atoms with E-state index in [0.29, 0.717) is 88.1 Å². The molecule has 4 heterocycles. The lowest BCUT2D eigenvalue weighted by atomic mass is 9.98. The molecule has 1 saturated heterocycles. The van der Waals surface area contributed by atoms with Gasteiger partial charge in [-0.3, -0.25) is 19.6 Å². The zero-order chi connectivity index (χ0) is 35.0. The smallest absolute Gasteiger partial charge is 0.250 e. The monoisotopic (exact) mass is 713 g/mol. The summed E-state index contributed by atoms with van der Waals surface area (Å²) in [6.07, 6.45) is 9.01. The lowest BCUT2D eigenvalue weighted by Gasteiger charge is -2.15. The third-order valence-corrected chi connectivity index (χ3v) is 9.44. The fourth-order valence-corrected chi connectivity index (χ4v) is 6.66. The van der Waals surface area contributed by atoms with Crippen LogP contribution in [0.2, 0.25) is 10.0 Å². The van der Waals surface area contributed by atoms with Crippen molar-refractivity contribution in [2.45, 2.75) is 51.2 Å².